The number of rotatable bonds is 17. The summed E-state index contributed by atoms with van der Waals surface area (Å²) >= 11 is 0. The Morgan fingerprint density at radius 1 is 0.806 bits per heavy atom. The molecule has 0 atom stereocenters. The van der Waals surface area contributed by atoms with Crippen molar-refractivity contribution in [2.24, 2.45) is 7.05 Å². The molecule has 0 unspecified atom stereocenters. The summed E-state index contributed by atoms with van der Waals surface area (Å²) in [5.41, 5.74) is 1.51. The Bertz CT molecular complexity index is 874. The van der Waals surface area contributed by atoms with E-state index in [1.807, 2.05) is 11.6 Å². The number of hydrogen-bond donors (Lipinski definition) is 1. The van der Waals surface area contributed by atoms with Gasteiger partial charge in [0, 0.05) is 13.5 Å². The molecular weight excluding hydrogens is 408 g/mol. The van der Waals surface area contributed by atoms with Gasteiger partial charge in [-0.3, -0.25) is 4.55 Å². The monoisotopic (exact) mass is 450 g/mol. The molecule has 2 rings (SSSR count). The lowest BCUT2D eigenvalue weighted by Crippen LogP contribution is -2.00. The third kappa shape index (κ3) is 9.32. The molecule has 0 radical (unpaired) electrons. The van der Waals surface area contributed by atoms with E-state index in [0.29, 0.717) is 0 Å². The fourth-order valence-corrected chi connectivity index (χ4v) is 4.76. The minimum Gasteiger partial charge on any atom is -0.331 e. The SMILES string of the molecule is CCCCCCCCCCCCCCCCCc1nc2ccc(S(=O)(=O)O)cc2n1C. The summed E-state index contributed by atoms with van der Waals surface area (Å²) < 4.78 is 33.9. The van der Waals surface area contributed by atoms with Crippen molar-refractivity contribution in [2.75, 3.05) is 0 Å². The molecule has 1 heterocycles. The van der Waals surface area contributed by atoms with Crippen LogP contribution in [0.3, 0.4) is 0 Å². The zero-order valence-corrected chi connectivity index (χ0v) is 20.4. The minimum atomic E-state index is -4.19. The van der Waals surface area contributed by atoms with Gasteiger partial charge in [-0.05, 0) is 24.6 Å². The molecule has 31 heavy (non-hydrogen) atoms. The van der Waals surface area contributed by atoms with Crippen LogP contribution in [0.25, 0.3) is 11.0 Å². The molecule has 5 nitrogen and oxygen atoms in total. The van der Waals surface area contributed by atoms with Gasteiger partial charge >= 0.3 is 0 Å². The maximum absolute atomic E-state index is 11.3. The third-order valence-electron chi connectivity index (χ3n) is 6.25. The molecule has 0 aliphatic heterocycles. The van der Waals surface area contributed by atoms with Gasteiger partial charge in [0.05, 0.1) is 15.9 Å². The van der Waals surface area contributed by atoms with Crippen LogP contribution in [-0.4, -0.2) is 22.5 Å². The molecule has 0 amide bonds. The fraction of sp³-hybridized carbons (Fsp3) is 0.720. The van der Waals surface area contributed by atoms with Gasteiger partial charge in [0.2, 0.25) is 0 Å². The Balaban J connectivity index is 1.53. The van der Waals surface area contributed by atoms with E-state index in [2.05, 4.69) is 11.9 Å². The Morgan fingerprint density at radius 2 is 1.29 bits per heavy atom. The van der Waals surface area contributed by atoms with Gasteiger partial charge in [0.1, 0.15) is 5.82 Å². The minimum absolute atomic E-state index is 0.0819. The number of hydrogen-bond acceptors (Lipinski definition) is 3. The van der Waals surface area contributed by atoms with Gasteiger partial charge in [0.25, 0.3) is 10.1 Å². The molecule has 0 aliphatic carbocycles. The lowest BCUT2D eigenvalue weighted by molar-refractivity contribution is 0.483. The van der Waals surface area contributed by atoms with Crippen LogP contribution in [0.2, 0.25) is 0 Å². The number of imidazole rings is 1. The highest BCUT2D eigenvalue weighted by molar-refractivity contribution is 7.85. The van der Waals surface area contributed by atoms with Crippen LogP contribution in [-0.2, 0) is 23.6 Å². The number of aromatic nitrogens is 2. The van der Waals surface area contributed by atoms with Crippen LogP contribution in [0.4, 0.5) is 0 Å². The van der Waals surface area contributed by atoms with Gasteiger partial charge in [-0.1, -0.05) is 96.8 Å². The Labute approximate surface area is 189 Å². The molecule has 0 saturated heterocycles. The zero-order chi connectivity index (χ0) is 22.5. The molecular formula is C25H42N2O3S. The molecule has 1 aromatic heterocycles. The third-order valence-corrected chi connectivity index (χ3v) is 7.10. The second kappa shape index (κ2) is 13.9. The van der Waals surface area contributed by atoms with Gasteiger partial charge < -0.3 is 4.57 Å². The van der Waals surface area contributed by atoms with Gasteiger partial charge in [-0.2, -0.15) is 8.42 Å². The maximum atomic E-state index is 11.3. The summed E-state index contributed by atoms with van der Waals surface area (Å²) in [6, 6.07) is 4.56. The number of fused-ring (bicyclic) bond motifs is 1. The summed E-state index contributed by atoms with van der Waals surface area (Å²) in [5, 5.41) is 0. The Kier molecular flexibility index (Phi) is 11.6. The molecule has 0 spiro atoms. The second-order valence-electron chi connectivity index (χ2n) is 8.91. The van der Waals surface area contributed by atoms with Crippen molar-refractivity contribution in [3.63, 3.8) is 0 Å². The topological polar surface area (TPSA) is 72.2 Å². The normalized spacial score (nSPS) is 12.1. The van der Waals surface area contributed by atoms with E-state index in [0.717, 1.165) is 29.7 Å². The molecule has 0 bridgehead atoms. The predicted molar refractivity (Wildman–Crippen MR) is 129 cm³/mol. The summed E-state index contributed by atoms with van der Waals surface area (Å²) in [4.78, 5) is 4.54. The Morgan fingerprint density at radius 3 is 1.77 bits per heavy atom. The van der Waals surface area contributed by atoms with Crippen molar-refractivity contribution < 1.29 is 13.0 Å². The number of unbranched alkanes of at least 4 members (excludes halogenated alkanes) is 14. The molecule has 0 saturated carbocycles. The van der Waals surface area contributed by atoms with Crippen LogP contribution in [0.1, 0.15) is 109 Å². The maximum Gasteiger partial charge on any atom is 0.294 e. The number of nitrogens with zero attached hydrogens (tertiary/aromatic N) is 2. The van der Waals surface area contributed by atoms with E-state index in [1.165, 1.54) is 102 Å². The molecule has 176 valence electrons. The van der Waals surface area contributed by atoms with Crippen LogP contribution in [0.15, 0.2) is 23.1 Å². The van der Waals surface area contributed by atoms with Crippen LogP contribution >= 0.6 is 0 Å². The van der Waals surface area contributed by atoms with Gasteiger partial charge in [-0.25, -0.2) is 4.98 Å². The van der Waals surface area contributed by atoms with Crippen molar-refractivity contribution in [2.45, 2.75) is 115 Å². The first-order valence-corrected chi connectivity index (χ1v) is 13.8. The van der Waals surface area contributed by atoms with Crippen molar-refractivity contribution >= 4 is 21.2 Å². The van der Waals surface area contributed by atoms with Crippen LogP contribution in [0.5, 0.6) is 0 Å². The van der Waals surface area contributed by atoms with Crippen molar-refractivity contribution in [1.82, 2.24) is 9.55 Å². The summed E-state index contributed by atoms with van der Waals surface area (Å²) in [7, 11) is -2.28. The van der Waals surface area contributed by atoms with E-state index in [9.17, 15) is 13.0 Å². The quantitative estimate of drug-likeness (QED) is 0.204. The van der Waals surface area contributed by atoms with Crippen molar-refractivity contribution in [1.29, 1.82) is 0 Å². The van der Waals surface area contributed by atoms with E-state index in [1.54, 1.807) is 6.07 Å². The molecule has 0 fully saturated rings. The highest BCUT2D eigenvalue weighted by atomic mass is 32.2. The lowest BCUT2D eigenvalue weighted by Gasteiger charge is -2.04. The number of aryl methyl sites for hydroxylation is 2. The van der Waals surface area contributed by atoms with E-state index < -0.39 is 10.1 Å². The highest BCUT2D eigenvalue weighted by Gasteiger charge is 2.14. The fourth-order valence-electron chi connectivity index (χ4n) is 4.26. The van der Waals surface area contributed by atoms with Crippen LogP contribution < -0.4 is 0 Å². The smallest absolute Gasteiger partial charge is 0.294 e. The zero-order valence-electron chi connectivity index (χ0n) is 19.6. The standard InChI is InChI=1S/C25H42N2O3S/c1-3-4-5-6-7-8-9-10-11-12-13-14-15-16-17-18-25-26-23-20-19-22(31(28,29)30)21-24(23)27(25)2/h19-21H,3-18H2,1-2H3,(H,28,29,30). The first kappa shape index (κ1) is 25.9. The van der Waals surface area contributed by atoms with Crippen LogP contribution in [0, 0.1) is 0 Å². The van der Waals surface area contributed by atoms with Crippen molar-refractivity contribution in [3.05, 3.63) is 24.0 Å². The van der Waals surface area contributed by atoms with Gasteiger partial charge in [-0.15, -0.1) is 0 Å². The van der Waals surface area contributed by atoms with E-state index in [-0.39, 0.29) is 4.90 Å². The van der Waals surface area contributed by atoms with Crippen molar-refractivity contribution in [3.8, 4) is 0 Å². The molecule has 1 N–H and O–H groups in total. The largest absolute Gasteiger partial charge is 0.331 e. The van der Waals surface area contributed by atoms with E-state index >= 15 is 0 Å². The van der Waals surface area contributed by atoms with Gasteiger partial charge in [0.15, 0.2) is 0 Å². The molecule has 1 aromatic carbocycles. The predicted octanol–water partition coefficient (Wildman–Crippen LogP) is 7.23. The first-order valence-electron chi connectivity index (χ1n) is 12.4. The molecule has 0 aliphatic rings. The summed E-state index contributed by atoms with van der Waals surface area (Å²) in [5.74, 6) is 0.970. The Hall–Kier alpha value is -1.40. The second-order valence-corrected chi connectivity index (χ2v) is 10.3. The van der Waals surface area contributed by atoms with E-state index in [4.69, 9.17) is 0 Å². The average Bonchev–Trinajstić information content (AvgIpc) is 3.05. The highest BCUT2D eigenvalue weighted by Crippen LogP contribution is 2.21. The summed E-state index contributed by atoms with van der Waals surface area (Å²) in [6.07, 6.45) is 21.1. The lowest BCUT2D eigenvalue weighted by atomic mass is 10.0. The average molecular weight is 451 g/mol. The number of benzene rings is 1. The molecule has 6 heteroatoms. The first-order chi connectivity index (χ1) is 14.9. The summed E-state index contributed by atoms with van der Waals surface area (Å²) in [6.45, 7) is 2.27. The molecule has 2 aromatic rings.